The summed E-state index contributed by atoms with van der Waals surface area (Å²) in [5.41, 5.74) is 3.09. The first-order valence-electron chi connectivity index (χ1n) is 6.62. The van der Waals surface area contributed by atoms with Gasteiger partial charge < -0.3 is 4.74 Å². The SMILES string of the molecule is CCOC(=O)C1=C(c2ccc3ccccc3c2)C1C. The van der Waals surface area contributed by atoms with Gasteiger partial charge in [0, 0.05) is 11.5 Å². The molecule has 1 unspecified atom stereocenters. The van der Waals surface area contributed by atoms with Gasteiger partial charge in [0.1, 0.15) is 0 Å². The zero-order chi connectivity index (χ0) is 13.4. The number of hydrogen-bond acceptors (Lipinski definition) is 2. The Bertz CT molecular complexity index is 682. The van der Waals surface area contributed by atoms with Crippen LogP contribution < -0.4 is 0 Å². The van der Waals surface area contributed by atoms with Crippen molar-refractivity contribution in [1.82, 2.24) is 0 Å². The van der Waals surface area contributed by atoms with Gasteiger partial charge in [-0.1, -0.05) is 43.3 Å². The summed E-state index contributed by atoms with van der Waals surface area (Å²) < 4.78 is 5.08. The molecule has 0 fully saturated rings. The lowest BCUT2D eigenvalue weighted by atomic mass is 10.0. The molecule has 1 aliphatic rings. The predicted molar refractivity (Wildman–Crippen MR) is 76.7 cm³/mol. The normalized spacial score (nSPS) is 17.7. The topological polar surface area (TPSA) is 26.3 Å². The zero-order valence-electron chi connectivity index (χ0n) is 11.1. The molecular weight excluding hydrogens is 236 g/mol. The van der Waals surface area contributed by atoms with Gasteiger partial charge in [-0.3, -0.25) is 0 Å². The first-order valence-corrected chi connectivity index (χ1v) is 6.62. The van der Waals surface area contributed by atoms with E-state index in [2.05, 4.69) is 37.3 Å². The van der Waals surface area contributed by atoms with Gasteiger partial charge >= 0.3 is 5.97 Å². The van der Waals surface area contributed by atoms with Gasteiger partial charge in [-0.15, -0.1) is 0 Å². The van der Waals surface area contributed by atoms with Crippen molar-refractivity contribution in [3.05, 3.63) is 53.6 Å². The summed E-state index contributed by atoms with van der Waals surface area (Å²) in [5.74, 6) is 0.0540. The summed E-state index contributed by atoms with van der Waals surface area (Å²) in [6.07, 6.45) is 0. The molecule has 2 aromatic carbocycles. The Morgan fingerprint density at radius 2 is 1.89 bits per heavy atom. The Labute approximate surface area is 112 Å². The number of fused-ring (bicyclic) bond motifs is 1. The van der Waals surface area contributed by atoms with Crippen LogP contribution in [-0.4, -0.2) is 12.6 Å². The molecule has 0 amide bonds. The summed E-state index contributed by atoms with van der Waals surface area (Å²) in [5, 5.41) is 2.42. The molecule has 1 aliphatic carbocycles. The largest absolute Gasteiger partial charge is 0.463 e. The Balaban J connectivity index is 1.99. The van der Waals surface area contributed by atoms with Crippen molar-refractivity contribution in [2.45, 2.75) is 13.8 Å². The molecule has 0 radical (unpaired) electrons. The van der Waals surface area contributed by atoms with E-state index in [0.29, 0.717) is 6.61 Å². The van der Waals surface area contributed by atoms with Crippen LogP contribution in [0.1, 0.15) is 19.4 Å². The van der Waals surface area contributed by atoms with E-state index in [1.54, 1.807) is 0 Å². The molecule has 19 heavy (non-hydrogen) atoms. The molecule has 2 nitrogen and oxygen atoms in total. The maximum Gasteiger partial charge on any atom is 0.334 e. The number of allylic oxidation sites excluding steroid dienone is 1. The monoisotopic (exact) mass is 252 g/mol. The highest BCUT2D eigenvalue weighted by Crippen LogP contribution is 2.47. The van der Waals surface area contributed by atoms with Crippen LogP contribution in [0.5, 0.6) is 0 Å². The fourth-order valence-electron chi connectivity index (χ4n) is 2.59. The van der Waals surface area contributed by atoms with E-state index in [1.165, 1.54) is 10.8 Å². The van der Waals surface area contributed by atoms with Crippen molar-refractivity contribution in [3.8, 4) is 0 Å². The molecule has 96 valence electrons. The summed E-state index contributed by atoms with van der Waals surface area (Å²) >= 11 is 0. The average Bonchev–Trinajstić information content (AvgIpc) is 3.10. The van der Waals surface area contributed by atoms with Crippen molar-refractivity contribution < 1.29 is 9.53 Å². The molecule has 2 aromatic rings. The maximum atomic E-state index is 11.8. The number of benzene rings is 2. The minimum Gasteiger partial charge on any atom is -0.463 e. The number of carbonyl (C=O) groups is 1. The molecule has 0 heterocycles. The van der Waals surface area contributed by atoms with Crippen LogP contribution >= 0.6 is 0 Å². The third-order valence-electron chi connectivity index (χ3n) is 3.63. The van der Waals surface area contributed by atoms with E-state index >= 15 is 0 Å². The molecule has 0 bridgehead atoms. The Kier molecular flexibility index (Phi) is 2.86. The Morgan fingerprint density at radius 1 is 1.16 bits per heavy atom. The van der Waals surface area contributed by atoms with Gasteiger partial charge in [0.25, 0.3) is 0 Å². The standard InChI is InChI=1S/C17H16O2/c1-3-19-17(18)16-11(2)15(16)14-9-8-12-6-4-5-7-13(12)10-14/h4-11H,3H2,1-2H3. The summed E-state index contributed by atoms with van der Waals surface area (Å²) in [7, 11) is 0. The van der Waals surface area contributed by atoms with Crippen molar-refractivity contribution in [3.63, 3.8) is 0 Å². The smallest absolute Gasteiger partial charge is 0.334 e. The van der Waals surface area contributed by atoms with Gasteiger partial charge in [0.05, 0.1) is 6.61 Å². The van der Waals surface area contributed by atoms with E-state index in [1.807, 2.05) is 19.1 Å². The highest BCUT2D eigenvalue weighted by atomic mass is 16.5. The van der Waals surface area contributed by atoms with E-state index < -0.39 is 0 Å². The van der Waals surface area contributed by atoms with Crippen LogP contribution in [0.15, 0.2) is 48.0 Å². The zero-order valence-corrected chi connectivity index (χ0v) is 11.1. The van der Waals surface area contributed by atoms with Crippen LogP contribution in [0.2, 0.25) is 0 Å². The Hall–Kier alpha value is -2.09. The second kappa shape index (κ2) is 4.54. The Morgan fingerprint density at radius 3 is 2.63 bits per heavy atom. The molecule has 3 rings (SSSR count). The van der Waals surface area contributed by atoms with Gasteiger partial charge in [-0.25, -0.2) is 4.79 Å². The molecule has 0 saturated heterocycles. The molecular formula is C17H16O2. The molecule has 1 atom stereocenters. The lowest BCUT2D eigenvalue weighted by molar-refractivity contribution is -0.138. The fraction of sp³-hybridized carbons (Fsp3) is 0.235. The third-order valence-corrected chi connectivity index (χ3v) is 3.63. The maximum absolute atomic E-state index is 11.8. The summed E-state index contributed by atoms with van der Waals surface area (Å²) in [4.78, 5) is 11.8. The summed E-state index contributed by atoms with van der Waals surface area (Å²) in [6.45, 7) is 4.32. The van der Waals surface area contributed by atoms with Crippen molar-refractivity contribution in [1.29, 1.82) is 0 Å². The van der Waals surface area contributed by atoms with Crippen LogP contribution in [0.3, 0.4) is 0 Å². The lowest BCUT2D eigenvalue weighted by Gasteiger charge is -2.00. The molecule has 0 aromatic heterocycles. The lowest BCUT2D eigenvalue weighted by Crippen LogP contribution is -2.02. The highest BCUT2D eigenvalue weighted by Gasteiger charge is 2.39. The number of esters is 1. The second-order valence-electron chi connectivity index (χ2n) is 4.83. The van der Waals surface area contributed by atoms with Gasteiger partial charge in [0.15, 0.2) is 0 Å². The number of ether oxygens (including phenoxy) is 1. The first-order chi connectivity index (χ1) is 9.22. The molecule has 2 heteroatoms. The first kappa shape index (κ1) is 12.0. The van der Waals surface area contributed by atoms with Crippen molar-refractivity contribution in [2.75, 3.05) is 6.61 Å². The third kappa shape index (κ3) is 2.03. The molecule has 0 saturated carbocycles. The predicted octanol–water partition coefficient (Wildman–Crippen LogP) is 3.81. The summed E-state index contributed by atoms with van der Waals surface area (Å²) in [6, 6.07) is 14.6. The quantitative estimate of drug-likeness (QED) is 0.776. The number of carbonyl (C=O) groups excluding carboxylic acids is 1. The molecule has 0 spiro atoms. The number of hydrogen-bond donors (Lipinski definition) is 0. The fourth-order valence-corrected chi connectivity index (χ4v) is 2.59. The van der Waals surface area contributed by atoms with E-state index in [4.69, 9.17) is 4.74 Å². The van der Waals surface area contributed by atoms with Gasteiger partial charge in [-0.05, 0) is 34.9 Å². The minimum atomic E-state index is -0.168. The second-order valence-corrected chi connectivity index (χ2v) is 4.83. The van der Waals surface area contributed by atoms with Crippen molar-refractivity contribution in [2.24, 2.45) is 5.92 Å². The van der Waals surface area contributed by atoms with Gasteiger partial charge in [-0.2, -0.15) is 0 Å². The van der Waals surface area contributed by atoms with Crippen LogP contribution in [-0.2, 0) is 9.53 Å². The van der Waals surface area contributed by atoms with E-state index in [9.17, 15) is 4.79 Å². The van der Waals surface area contributed by atoms with E-state index in [0.717, 1.165) is 16.7 Å². The van der Waals surface area contributed by atoms with E-state index in [-0.39, 0.29) is 11.9 Å². The molecule has 0 aliphatic heterocycles. The number of rotatable bonds is 3. The van der Waals surface area contributed by atoms with Crippen LogP contribution in [0.4, 0.5) is 0 Å². The minimum absolute atomic E-state index is 0.168. The van der Waals surface area contributed by atoms with Crippen LogP contribution in [0, 0.1) is 5.92 Å². The van der Waals surface area contributed by atoms with Gasteiger partial charge in [0.2, 0.25) is 0 Å². The van der Waals surface area contributed by atoms with Crippen LogP contribution in [0.25, 0.3) is 16.3 Å². The average molecular weight is 252 g/mol. The highest BCUT2D eigenvalue weighted by molar-refractivity contribution is 6.10. The molecule has 0 N–H and O–H groups in total. The van der Waals surface area contributed by atoms with Crippen molar-refractivity contribution >= 4 is 22.3 Å².